The number of benzene rings is 2. The molecule has 1 amide bonds. The van der Waals surface area contributed by atoms with Gasteiger partial charge in [-0.25, -0.2) is 13.1 Å². The number of nitrogens with one attached hydrogen (secondary N) is 1. The highest BCUT2D eigenvalue weighted by Crippen LogP contribution is 2.09. The molecule has 154 valence electrons. The Morgan fingerprint density at radius 2 is 1.55 bits per heavy atom. The minimum atomic E-state index is -3.56. The summed E-state index contributed by atoms with van der Waals surface area (Å²) in [5.41, 5.74) is 2.08. The average molecular weight is 414 g/mol. The summed E-state index contributed by atoms with van der Waals surface area (Å²) in [5, 5.41) is 1.13. The highest BCUT2D eigenvalue weighted by Gasteiger charge is 2.21. The lowest BCUT2D eigenvalue weighted by atomic mass is 10.2. The van der Waals surface area contributed by atoms with E-state index in [2.05, 4.69) is 21.8 Å². The molecule has 0 spiro atoms. The summed E-state index contributed by atoms with van der Waals surface area (Å²) in [6, 6.07) is 19.5. The van der Waals surface area contributed by atoms with Crippen LogP contribution in [0.2, 0.25) is 0 Å². The van der Waals surface area contributed by atoms with E-state index in [0.717, 1.165) is 30.6 Å². The number of sulfonamides is 1. The van der Waals surface area contributed by atoms with Crippen LogP contribution in [-0.2, 0) is 21.4 Å². The molecular formula is C22H27N3O3S. The van der Waals surface area contributed by atoms with E-state index >= 15 is 0 Å². The van der Waals surface area contributed by atoms with Gasteiger partial charge in [0.1, 0.15) is 0 Å². The zero-order chi connectivity index (χ0) is 20.5. The van der Waals surface area contributed by atoms with Crippen molar-refractivity contribution in [3.8, 4) is 0 Å². The Labute approximate surface area is 172 Å². The predicted molar refractivity (Wildman–Crippen MR) is 115 cm³/mol. The number of rotatable bonds is 8. The number of nitrogens with zero attached hydrogens (tertiary/aromatic N) is 2. The van der Waals surface area contributed by atoms with Gasteiger partial charge in [0.15, 0.2) is 0 Å². The number of carbonyl (C=O) groups is 1. The van der Waals surface area contributed by atoms with Crippen LogP contribution < -0.4 is 4.72 Å². The molecule has 7 heteroatoms. The molecule has 1 fully saturated rings. The molecule has 0 unspecified atom stereocenters. The van der Waals surface area contributed by atoms with E-state index in [1.807, 2.05) is 53.4 Å². The molecule has 6 nitrogen and oxygen atoms in total. The molecule has 0 aromatic heterocycles. The van der Waals surface area contributed by atoms with Crippen LogP contribution in [0.3, 0.4) is 0 Å². The second-order valence-electron chi connectivity index (χ2n) is 7.05. The fourth-order valence-corrected chi connectivity index (χ4v) is 4.05. The number of piperazine rings is 1. The number of carbonyl (C=O) groups excluding carboxylic acids is 1. The van der Waals surface area contributed by atoms with Crippen LogP contribution in [0.5, 0.6) is 0 Å². The summed E-state index contributed by atoms with van der Waals surface area (Å²) in [6.45, 7) is 3.98. The van der Waals surface area contributed by atoms with Crippen molar-refractivity contribution in [2.45, 2.75) is 13.0 Å². The SMILES string of the molecule is O=C(CCNS(=O)(=O)/C=C/c1ccccc1)N1CCN(Cc2ccccc2)CC1. The van der Waals surface area contributed by atoms with Crippen molar-refractivity contribution in [2.75, 3.05) is 32.7 Å². The Hall–Kier alpha value is -2.48. The third-order valence-corrected chi connectivity index (χ3v) is 5.96. The molecule has 0 radical (unpaired) electrons. The van der Waals surface area contributed by atoms with Gasteiger partial charge in [-0.1, -0.05) is 60.7 Å². The van der Waals surface area contributed by atoms with Crippen molar-refractivity contribution < 1.29 is 13.2 Å². The molecule has 1 N–H and O–H groups in total. The minimum absolute atomic E-state index is 0.0147. The quantitative estimate of drug-likeness (QED) is 0.721. The normalized spacial score (nSPS) is 15.7. The van der Waals surface area contributed by atoms with E-state index in [-0.39, 0.29) is 18.9 Å². The first-order valence-electron chi connectivity index (χ1n) is 9.79. The van der Waals surface area contributed by atoms with Crippen molar-refractivity contribution >= 4 is 22.0 Å². The monoisotopic (exact) mass is 413 g/mol. The van der Waals surface area contributed by atoms with Crippen molar-refractivity contribution in [2.24, 2.45) is 0 Å². The van der Waals surface area contributed by atoms with E-state index in [9.17, 15) is 13.2 Å². The molecule has 0 atom stereocenters. The Bertz CT molecular complexity index is 907. The van der Waals surface area contributed by atoms with Gasteiger partial charge in [0.2, 0.25) is 15.9 Å². The predicted octanol–water partition coefficient (Wildman–Crippen LogP) is 2.31. The topological polar surface area (TPSA) is 69.7 Å². The van der Waals surface area contributed by atoms with Gasteiger partial charge in [-0.2, -0.15) is 0 Å². The molecule has 2 aromatic rings. The minimum Gasteiger partial charge on any atom is -0.340 e. The van der Waals surface area contributed by atoms with Gasteiger partial charge in [-0.05, 0) is 17.2 Å². The van der Waals surface area contributed by atoms with Crippen molar-refractivity contribution in [3.05, 3.63) is 77.2 Å². The largest absolute Gasteiger partial charge is 0.340 e. The van der Waals surface area contributed by atoms with Gasteiger partial charge in [-0.15, -0.1) is 0 Å². The van der Waals surface area contributed by atoms with Crippen molar-refractivity contribution in [1.82, 2.24) is 14.5 Å². The maximum absolute atomic E-state index is 12.4. The standard InChI is InChI=1S/C22H27N3O3S/c26-22(11-13-23-29(27,28)18-12-20-7-3-1-4-8-20)25-16-14-24(15-17-25)19-21-9-5-2-6-10-21/h1-10,12,18,23H,11,13-17,19H2/b18-12+. The molecule has 1 aliphatic heterocycles. The van der Waals surface area contributed by atoms with Crippen LogP contribution in [0.15, 0.2) is 66.1 Å². The van der Waals surface area contributed by atoms with E-state index < -0.39 is 10.0 Å². The lowest BCUT2D eigenvalue weighted by molar-refractivity contribution is -0.132. The fourth-order valence-electron chi connectivity index (χ4n) is 3.24. The second-order valence-corrected chi connectivity index (χ2v) is 8.70. The highest BCUT2D eigenvalue weighted by atomic mass is 32.2. The summed E-state index contributed by atoms with van der Waals surface area (Å²) < 4.78 is 26.6. The van der Waals surface area contributed by atoms with Crippen LogP contribution in [0, 0.1) is 0 Å². The van der Waals surface area contributed by atoms with E-state index in [1.165, 1.54) is 11.6 Å². The zero-order valence-electron chi connectivity index (χ0n) is 16.4. The maximum Gasteiger partial charge on any atom is 0.233 e. The molecule has 0 saturated carbocycles. The number of amides is 1. The molecule has 0 bridgehead atoms. The first-order chi connectivity index (χ1) is 14.0. The Morgan fingerprint density at radius 1 is 0.931 bits per heavy atom. The Balaban J connectivity index is 1.38. The lowest BCUT2D eigenvalue weighted by Gasteiger charge is -2.34. The Morgan fingerprint density at radius 3 is 2.21 bits per heavy atom. The Kier molecular flexibility index (Phi) is 7.57. The summed E-state index contributed by atoms with van der Waals surface area (Å²) in [4.78, 5) is 16.5. The molecular weight excluding hydrogens is 386 g/mol. The fraction of sp³-hybridized carbons (Fsp3) is 0.318. The third kappa shape index (κ3) is 7.12. The van der Waals surface area contributed by atoms with Crippen LogP contribution in [0.1, 0.15) is 17.5 Å². The van der Waals surface area contributed by atoms with E-state index in [1.54, 1.807) is 0 Å². The zero-order valence-corrected chi connectivity index (χ0v) is 17.2. The highest BCUT2D eigenvalue weighted by molar-refractivity contribution is 7.92. The van der Waals surface area contributed by atoms with Gasteiger partial charge in [-0.3, -0.25) is 9.69 Å². The van der Waals surface area contributed by atoms with Gasteiger partial charge < -0.3 is 4.90 Å². The first-order valence-corrected chi connectivity index (χ1v) is 11.3. The maximum atomic E-state index is 12.4. The van der Waals surface area contributed by atoms with Crippen molar-refractivity contribution in [3.63, 3.8) is 0 Å². The molecule has 2 aromatic carbocycles. The van der Waals surface area contributed by atoms with Crippen LogP contribution in [0.25, 0.3) is 6.08 Å². The molecule has 1 heterocycles. The number of hydrogen-bond donors (Lipinski definition) is 1. The van der Waals surface area contributed by atoms with Gasteiger partial charge in [0.05, 0.1) is 0 Å². The molecule has 1 saturated heterocycles. The summed E-state index contributed by atoms with van der Waals surface area (Å²) in [6.07, 6.45) is 1.70. The van der Waals surface area contributed by atoms with E-state index in [0.29, 0.717) is 13.1 Å². The average Bonchev–Trinajstić information content (AvgIpc) is 2.74. The summed E-state index contributed by atoms with van der Waals surface area (Å²) in [5.74, 6) is -0.0147. The van der Waals surface area contributed by atoms with Gasteiger partial charge in [0.25, 0.3) is 0 Å². The number of hydrogen-bond acceptors (Lipinski definition) is 4. The molecule has 1 aliphatic rings. The second kappa shape index (κ2) is 10.3. The van der Waals surface area contributed by atoms with E-state index in [4.69, 9.17) is 0 Å². The summed E-state index contributed by atoms with van der Waals surface area (Å²) in [7, 11) is -3.56. The van der Waals surface area contributed by atoms with Crippen molar-refractivity contribution in [1.29, 1.82) is 0 Å². The van der Waals surface area contributed by atoms with Crippen LogP contribution in [-0.4, -0.2) is 56.8 Å². The van der Waals surface area contributed by atoms with Crippen LogP contribution in [0.4, 0.5) is 0 Å². The first kappa shape index (κ1) is 21.2. The lowest BCUT2D eigenvalue weighted by Crippen LogP contribution is -2.48. The molecule has 0 aliphatic carbocycles. The van der Waals surface area contributed by atoms with Crippen LogP contribution >= 0.6 is 0 Å². The molecule has 3 rings (SSSR count). The summed E-state index contributed by atoms with van der Waals surface area (Å²) >= 11 is 0. The molecule has 29 heavy (non-hydrogen) atoms. The van der Waals surface area contributed by atoms with Gasteiger partial charge >= 0.3 is 0 Å². The smallest absolute Gasteiger partial charge is 0.233 e. The van der Waals surface area contributed by atoms with Gasteiger partial charge in [0, 0.05) is 51.1 Å². The third-order valence-electron chi connectivity index (χ3n) is 4.86.